The summed E-state index contributed by atoms with van der Waals surface area (Å²) in [6.07, 6.45) is 1.50. The second-order valence-electron chi connectivity index (χ2n) is 6.49. The van der Waals surface area contributed by atoms with Crippen LogP contribution in [0.5, 0.6) is 5.75 Å². The van der Waals surface area contributed by atoms with Crippen molar-refractivity contribution in [2.75, 3.05) is 6.61 Å². The van der Waals surface area contributed by atoms with E-state index >= 15 is 0 Å². The maximum Gasteiger partial charge on any atom is 0.277 e. The van der Waals surface area contributed by atoms with E-state index in [0.717, 1.165) is 15.6 Å². The van der Waals surface area contributed by atoms with E-state index in [9.17, 15) is 4.79 Å². The SMILES string of the molecule is CC(C)(C)c1cc(Br)ccc1OCC(=O)N/N=C/c1ccccc1Cl. The van der Waals surface area contributed by atoms with Crippen LogP contribution in [0.3, 0.4) is 0 Å². The summed E-state index contributed by atoms with van der Waals surface area (Å²) >= 11 is 9.49. The summed E-state index contributed by atoms with van der Waals surface area (Å²) in [7, 11) is 0. The van der Waals surface area contributed by atoms with Crippen molar-refractivity contribution < 1.29 is 9.53 Å². The van der Waals surface area contributed by atoms with E-state index in [0.29, 0.717) is 10.8 Å². The smallest absolute Gasteiger partial charge is 0.277 e. The van der Waals surface area contributed by atoms with E-state index in [1.807, 2.05) is 36.4 Å². The average Bonchev–Trinajstić information content (AvgIpc) is 2.54. The van der Waals surface area contributed by atoms with Gasteiger partial charge in [0.1, 0.15) is 5.75 Å². The van der Waals surface area contributed by atoms with E-state index in [-0.39, 0.29) is 17.9 Å². The van der Waals surface area contributed by atoms with Crippen molar-refractivity contribution in [1.82, 2.24) is 5.43 Å². The minimum absolute atomic E-state index is 0.0994. The van der Waals surface area contributed by atoms with Crippen LogP contribution < -0.4 is 10.2 Å². The Bertz CT molecular complexity index is 785. The lowest BCUT2D eigenvalue weighted by Crippen LogP contribution is -2.25. The van der Waals surface area contributed by atoms with Gasteiger partial charge in [-0.1, -0.05) is 66.5 Å². The van der Waals surface area contributed by atoms with Crippen molar-refractivity contribution >= 4 is 39.7 Å². The van der Waals surface area contributed by atoms with Gasteiger partial charge in [0.25, 0.3) is 5.91 Å². The van der Waals surface area contributed by atoms with Crippen LogP contribution in [-0.4, -0.2) is 18.7 Å². The van der Waals surface area contributed by atoms with Crippen LogP contribution in [0.25, 0.3) is 0 Å². The summed E-state index contributed by atoms with van der Waals surface area (Å²) in [6, 6.07) is 13.0. The summed E-state index contributed by atoms with van der Waals surface area (Å²) in [5, 5.41) is 4.47. The number of hydrazone groups is 1. The number of amides is 1. The highest BCUT2D eigenvalue weighted by Gasteiger charge is 2.19. The molecule has 1 amide bonds. The molecule has 0 aliphatic carbocycles. The van der Waals surface area contributed by atoms with E-state index < -0.39 is 0 Å². The van der Waals surface area contributed by atoms with Gasteiger partial charge in [-0.3, -0.25) is 4.79 Å². The topological polar surface area (TPSA) is 50.7 Å². The molecule has 0 spiro atoms. The molecule has 2 rings (SSSR count). The molecule has 2 aromatic rings. The fraction of sp³-hybridized carbons (Fsp3) is 0.263. The normalized spacial score (nSPS) is 11.6. The van der Waals surface area contributed by atoms with Crippen molar-refractivity contribution in [2.24, 2.45) is 5.10 Å². The van der Waals surface area contributed by atoms with E-state index in [1.165, 1.54) is 6.21 Å². The Balaban J connectivity index is 1.96. The molecule has 132 valence electrons. The lowest BCUT2D eigenvalue weighted by molar-refractivity contribution is -0.123. The van der Waals surface area contributed by atoms with Gasteiger partial charge in [-0.05, 0) is 29.7 Å². The molecule has 0 aliphatic rings. The third-order valence-electron chi connectivity index (χ3n) is 3.41. The maximum atomic E-state index is 11.9. The van der Waals surface area contributed by atoms with Crippen molar-refractivity contribution in [2.45, 2.75) is 26.2 Å². The highest BCUT2D eigenvalue weighted by atomic mass is 79.9. The molecule has 0 radical (unpaired) electrons. The minimum Gasteiger partial charge on any atom is -0.483 e. The molecule has 4 nitrogen and oxygen atoms in total. The quantitative estimate of drug-likeness (QED) is 0.547. The molecule has 0 atom stereocenters. The third-order valence-corrected chi connectivity index (χ3v) is 4.24. The van der Waals surface area contributed by atoms with Crippen LogP contribution in [0.15, 0.2) is 52.0 Å². The first kappa shape index (κ1) is 19.5. The number of hydrogen-bond donors (Lipinski definition) is 1. The van der Waals surface area contributed by atoms with Gasteiger partial charge in [-0.15, -0.1) is 0 Å². The van der Waals surface area contributed by atoms with Gasteiger partial charge in [-0.2, -0.15) is 5.10 Å². The second-order valence-corrected chi connectivity index (χ2v) is 7.82. The zero-order valence-corrected chi connectivity index (χ0v) is 16.7. The fourth-order valence-corrected chi connectivity index (χ4v) is 2.69. The minimum atomic E-state index is -0.342. The molecule has 0 bridgehead atoms. The molecular weight excluding hydrogens is 404 g/mol. The Morgan fingerprint density at radius 1 is 1.28 bits per heavy atom. The largest absolute Gasteiger partial charge is 0.483 e. The summed E-state index contributed by atoms with van der Waals surface area (Å²) in [4.78, 5) is 11.9. The van der Waals surface area contributed by atoms with E-state index in [4.69, 9.17) is 16.3 Å². The number of carbonyl (C=O) groups excluding carboxylic acids is 1. The highest BCUT2D eigenvalue weighted by molar-refractivity contribution is 9.10. The highest BCUT2D eigenvalue weighted by Crippen LogP contribution is 2.33. The van der Waals surface area contributed by atoms with Gasteiger partial charge < -0.3 is 4.74 Å². The summed E-state index contributed by atoms with van der Waals surface area (Å²) in [5.41, 5.74) is 4.09. The summed E-state index contributed by atoms with van der Waals surface area (Å²) < 4.78 is 6.65. The number of hydrogen-bond acceptors (Lipinski definition) is 3. The number of halogens is 2. The Hall–Kier alpha value is -1.85. The molecule has 0 fully saturated rings. The molecule has 0 aromatic heterocycles. The first-order valence-electron chi connectivity index (χ1n) is 7.76. The molecule has 0 saturated heterocycles. The van der Waals surface area contributed by atoms with E-state index in [2.05, 4.69) is 47.2 Å². The van der Waals surface area contributed by atoms with Crippen molar-refractivity contribution in [3.05, 3.63) is 63.1 Å². The molecule has 0 heterocycles. The summed E-state index contributed by atoms with van der Waals surface area (Å²) in [5.74, 6) is 0.340. The lowest BCUT2D eigenvalue weighted by atomic mass is 9.86. The van der Waals surface area contributed by atoms with Crippen LogP contribution in [0, 0.1) is 0 Å². The number of carbonyl (C=O) groups is 1. The monoisotopic (exact) mass is 422 g/mol. The molecule has 2 aromatic carbocycles. The number of benzene rings is 2. The first-order chi connectivity index (χ1) is 11.8. The van der Waals surface area contributed by atoms with Gasteiger partial charge in [0.15, 0.2) is 6.61 Å². The Morgan fingerprint density at radius 2 is 2.00 bits per heavy atom. The van der Waals surface area contributed by atoms with Crippen LogP contribution in [-0.2, 0) is 10.2 Å². The number of ether oxygens (including phenoxy) is 1. The average molecular weight is 424 g/mol. The van der Waals surface area contributed by atoms with E-state index in [1.54, 1.807) is 6.07 Å². The van der Waals surface area contributed by atoms with Gasteiger partial charge in [0.05, 0.1) is 6.21 Å². The molecule has 1 N–H and O–H groups in total. The predicted molar refractivity (Wildman–Crippen MR) is 106 cm³/mol. The standard InChI is InChI=1S/C19H20BrClN2O2/c1-19(2,3)15-10-14(20)8-9-17(15)25-12-18(24)23-22-11-13-6-4-5-7-16(13)21/h4-11H,12H2,1-3H3,(H,23,24)/b22-11+. The molecule has 0 unspecified atom stereocenters. The molecule has 25 heavy (non-hydrogen) atoms. The lowest BCUT2D eigenvalue weighted by Gasteiger charge is -2.23. The Kier molecular flexibility index (Phi) is 6.62. The van der Waals surface area contributed by atoms with Gasteiger partial charge in [-0.25, -0.2) is 5.43 Å². The molecule has 0 saturated carbocycles. The van der Waals surface area contributed by atoms with Gasteiger partial charge >= 0.3 is 0 Å². The fourth-order valence-electron chi connectivity index (χ4n) is 2.14. The zero-order valence-electron chi connectivity index (χ0n) is 14.3. The molecule has 0 aliphatic heterocycles. The zero-order chi connectivity index (χ0) is 18.4. The number of nitrogens with one attached hydrogen (secondary N) is 1. The van der Waals surface area contributed by atoms with Gasteiger partial charge in [0, 0.05) is 20.6 Å². The van der Waals surface area contributed by atoms with Crippen LogP contribution >= 0.6 is 27.5 Å². The Morgan fingerprint density at radius 3 is 2.68 bits per heavy atom. The van der Waals surface area contributed by atoms with Crippen LogP contribution in [0.4, 0.5) is 0 Å². The van der Waals surface area contributed by atoms with Crippen molar-refractivity contribution in [3.8, 4) is 5.75 Å². The second kappa shape index (κ2) is 8.50. The Labute approximate surface area is 161 Å². The number of rotatable bonds is 5. The number of nitrogens with zero attached hydrogens (tertiary/aromatic N) is 1. The maximum absolute atomic E-state index is 11.9. The van der Waals surface area contributed by atoms with Crippen molar-refractivity contribution in [1.29, 1.82) is 0 Å². The van der Waals surface area contributed by atoms with Gasteiger partial charge in [0.2, 0.25) is 0 Å². The first-order valence-corrected chi connectivity index (χ1v) is 8.94. The van der Waals surface area contributed by atoms with Crippen molar-refractivity contribution in [3.63, 3.8) is 0 Å². The van der Waals surface area contributed by atoms with Crippen LogP contribution in [0.1, 0.15) is 31.9 Å². The molecular formula is C19H20BrClN2O2. The summed E-state index contributed by atoms with van der Waals surface area (Å²) in [6.45, 7) is 6.16. The predicted octanol–water partition coefficient (Wildman–Crippen LogP) is 4.93. The molecule has 6 heteroatoms. The van der Waals surface area contributed by atoms with Crippen LogP contribution in [0.2, 0.25) is 5.02 Å². The third kappa shape index (κ3) is 5.87.